The lowest BCUT2D eigenvalue weighted by molar-refractivity contribution is -0.137. The first-order valence-corrected chi connectivity index (χ1v) is 11.0. The first kappa shape index (κ1) is 21.7. The number of benzene rings is 2. The van der Waals surface area contributed by atoms with Crippen LogP contribution in [0.15, 0.2) is 48.5 Å². The van der Waals surface area contributed by atoms with Gasteiger partial charge in [0.25, 0.3) is 0 Å². The first-order valence-electron chi connectivity index (χ1n) is 9.13. The van der Waals surface area contributed by atoms with Crippen LogP contribution in [0.3, 0.4) is 0 Å². The van der Waals surface area contributed by atoms with Gasteiger partial charge in [0.1, 0.15) is 0 Å². The number of carbonyl (C=O) groups excluding carboxylic acids is 3. The summed E-state index contributed by atoms with van der Waals surface area (Å²) in [6.07, 6.45) is 0.379. The zero-order valence-corrected chi connectivity index (χ0v) is 17.8. The molecule has 0 radical (unpaired) electrons. The van der Waals surface area contributed by atoms with Crippen molar-refractivity contribution in [2.24, 2.45) is 5.92 Å². The van der Waals surface area contributed by atoms with Crippen LogP contribution in [0.2, 0.25) is 10.0 Å². The quantitative estimate of drug-likeness (QED) is 0.477. The third kappa shape index (κ3) is 5.53. The molecule has 0 aliphatic carbocycles. The van der Waals surface area contributed by atoms with Crippen molar-refractivity contribution in [2.75, 3.05) is 12.3 Å². The minimum atomic E-state index is -1.29. The highest BCUT2D eigenvalue weighted by atomic mass is 35.5. The van der Waals surface area contributed by atoms with E-state index in [1.165, 1.54) is 0 Å². The molecule has 0 aromatic heterocycles. The summed E-state index contributed by atoms with van der Waals surface area (Å²) in [5.41, 5.74) is 1.78. The molecule has 29 heavy (non-hydrogen) atoms. The van der Waals surface area contributed by atoms with E-state index in [9.17, 15) is 14.4 Å². The molecular weight excluding hydrogens is 431 g/mol. The Morgan fingerprint density at radius 2 is 1.72 bits per heavy atom. The Morgan fingerprint density at radius 3 is 2.41 bits per heavy atom. The van der Waals surface area contributed by atoms with Crippen LogP contribution in [0.5, 0.6) is 0 Å². The predicted molar refractivity (Wildman–Crippen MR) is 116 cm³/mol. The molecular formula is C21H20Cl2N2O3S. The van der Waals surface area contributed by atoms with Crippen molar-refractivity contribution in [3.05, 3.63) is 69.7 Å². The Balaban J connectivity index is 1.45. The Kier molecular flexibility index (Phi) is 7.58. The highest BCUT2D eigenvalue weighted by molar-refractivity contribution is 7.98. The highest BCUT2D eigenvalue weighted by Crippen LogP contribution is 2.28. The number of halogens is 2. The van der Waals surface area contributed by atoms with Crippen molar-refractivity contribution < 1.29 is 14.4 Å². The average Bonchev–Trinajstić information content (AvgIpc) is 2.97. The van der Waals surface area contributed by atoms with Crippen molar-refractivity contribution in [2.45, 2.75) is 18.2 Å². The number of hydrogen-bond acceptors (Lipinski definition) is 4. The van der Waals surface area contributed by atoms with Crippen LogP contribution < -0.4 is 10.6 Å². The zero-order valence-electron chi connectivity index (χ0n) is 15.5. The summed E-state index contributed by atoms with van der Waals surface area (Å²) in [6.45, 7) is 0.339. The van der Waals surface area contributed by atoms with E-state index in [1.54, 1.807) is 30.0 Å². The van der Waals surface area contributed by atoms with Crippen molar-refractivity contribution in [1.29, 1.82) is 0 Å². The second-order valence-electron chi connectivity index (χ2n) is 6.63. The van der Waals surface area contributed by atoms with E-state index in [2.05, 4.69) is 10.6 Å². The summed E-state index contributed by atoms with van der Waals surface area (Å²) in [7, 11) is 0. The maximum Gasteiger partial charge on any atom is 0.240 e. The molecule has 1 heterocycles. The molecule has 3 rings (SSSR count). The molecule has 1 aliphatic rings. The molecule has 1 saturated heterocycles. The van der Waals surface area contributed by atoms with Gasteiger partial charge in [-0.3, -0.25) is 14.4 Å². The lowest BCUT2D eigenvalue weighted by atomic mass is 9.98. The second-order valence-corrected chi connectivity index (χ2v) is 8.55. The molecule has 1 fully saturated rings. The van der Waals surface area contributed by atoms with Crippen molar-refractivity contribution in [3.63, 3.8) is 0 Å². The van der Waals surface area contributed by atoms with Gasteiger partial charge >= 0.3 is 0 Å². The fourth-order valence-electron chi connectivity index (χ4n) is 3.10. The summed E-state index contributed by atoms with van der Waals surface area (Å²) in [5, 5.41) is 6.52. The van der Waals surface area contributed by atoms with Gasteiger partial charge in [0.05, 0.1) is 6.04 Å². The minimum Gasteiger partial charge on any atom is -0.354 e. The average molecular weight is 451 g/mol. The number of thioether (sulfide) groups is 1. The molecule has 0 bridgehead atoms. The summed E-state index contributed by atoms with van der Waals surface area (Å²) < 4.78 is 0. The van der Waals surface area contributed by atoms with Crippen molar-refractivity contribution in [3.8, 4) is 0 Å². The molecule has 2 unspecified atom stereocenters. The van der Waals surface area contributed by atoms with E-state index >= 15 is 0 Å². The Labute approximate surface area is 183 Å². The molecule has 2 aromatic carbocycles. The summed E-state index contributed by atoms with van der Waals surface area (Å²) in [4.78, 5) is 37.0. The van der Waals surface area contributed by atoms with Crippen molar-refractivity contribution in [1.82, 2.24) is 10.6 Å². The number of hydrogen-bond donors (Lipinski definition) is 2. The topological polar surface area (TPSA) is 75.3 Å². The van der Waals surface area contributed by atoms with Crippen LogP contribution in [-0.2, 0) is 26.6 Å². The standard InChI is InChI=1S/C21H20Cl2N2O3S/c22-15-7-4-8-16(23)14(15)12-29-10-9-24-20(27)18-19(26)17(25-21(18)28)11-13-5-2-1-3-6-13/h1-8,17-18H,9-12H2,(H,24,27)(H,25,28). The summed E-state index contributed by atoms with van der Waals surface area (Å²) in [5.74, 6) is -1.55. The van der Waals surface area contributed by atoms with Crippen LogP contribution >= 0.6 is 35.0 Å². The molecule has 1 aliphatic heterocycles. The molecule has 5 nitrogen and oxygen atoms in total. The number of carbonyl (C=O) groups is 3. The van der Waals surface area contributed by atoms with Crippen LogP contribution in [0.4, 0.5) is 0 Å². The second kappa shape index (κ2) is 10.1. The molecule has 0 saturated carbocycles. The zero-order chi connectivity index (χ0) is 20.8. The van der Waals surface area contributed by atoms with Crippen LogP contribution in [-0.4, -0.2) is 35.9 Å². The predicted octanol–water partition coefficient (Wildman–Crippen LogP) is 3.27. The van der Waals surface area contributed by atoms with Gasteiger partial charge in [-0.2, -0.15) is 11.8 Å². The molecule has 2 aromatic rings. The molecule has 0 spiro atoms. The minimum absolute atomic E-state index is 0.339. The van der Waals surface area contributed by atoms with Gasteiger partial charge in [-0.15, -0.1) is 0 Å². The number of Topliss-reactive ketones (excluding diaryl/α,β-unsaturated/α-hetero) is 1. The number of rotatable bonds is 8. The fourth-order valence-corrected chi connectivity index (χ4v) is 4.69. The fraction of sp³-hybridized carbons (Fsp3) is 0.286. The number of amides is 2. The van der Waals surface area contributed by atoms with E-state index < -0.39 is 23.8 Å². The van der Waals surface area contributed by atoms with E-state index in [0.717, 1.165) is 11.1 Å². The summed E-state index contributed by atoms with van der Waals surface area (Å²) in [6, 6.07) is 14.1. The Bertz CT molecular complexity index is 888. The summed E-state index contributed by atoms with van der Waals surface area (Å²) >= 11 is 13.8. The maximum absolute atomic E-state index is 12.5. The third-order valence-electron chi connectivity index (χ3n) is 4.61. The molecule has 8 heteroatoms. The van der Waals surface area contributed by atoms with Crippen LogP contribution in [0.1, 0.15) is 11.1 Å². The molecule has 2 N–H and O–H groups in total. The van der Waals surface area contributed by atoms with Gasteiger partial charge in [-0.05, 0) is 29.7 Å². The highest BCUT2D eigenvalue weighted by Gasteiger charge is 2.45. The van der Waals surface area contributed by atoms with E-state index in [1.807, 2.05) is 30.3 Å². The Hall–Kier alpha value is -2.02. The Morgan fingerprint density at radius 1 is 1.03 bits per heavy atom. The van der Waals surface area contributed by atoms with Crippen LogP contribution in [0, 0.1) is 5.92 Å². The van der Waals surface area contributed by atoms with Gasteiger partial charge in [-0.25, -0.2) is 0 Å². The molecule has 2 amide bonds. The number of ketones is 1. The van der Waals surface area contributed by atoms with E-state index in [0.29, 0.717) is 34.5 Å². The van der Waals surface area contributed by atoms with Gasteiger partial charge in [0, 0.05) is 28.1 Å². The van der Waals surface area contributed by atoms with Gasteiger partial charge in [0.2, 0.25) is 11.8 Å². The van der Waals surface area contributed by atoms with Gasteiger partial charge in [0.15, 0.2) is 11.7 Å². The molecule has 2 atom stereocenters. The van der Waals surface area contributed by atoms with Gasteiger partial charge < -0.3 is 10.6 Å². The van der Waals surface area contributed by atoms with E-state index in [4.69, 9.17) is 23.2 Å². The smallest absolute Gasteiger partial charge is 0.240 e. The first-order chi connectivity index (χ1) is 14.0. The number of nitrogens with one attached hydrogen (secondary N) is 2. The monoisotopic (exact) mass is 450 g/mol. The molecule has 152 valence electrons. The third-order valence-corrected chi connectivity index (χ3v) is 6.30. The lowest BCUT2D eigenvalue weighted by Gasteiger charge is -2.10. The van der Waals surface area contributed by atoms with E-state index in [-0.39, 0.29) is 5.78 Å². The SMILES string of the molecule is O=C(NCCSCc1c(Cl)cccc1Cl)C1C(=O)NC(Cc2ccccc2)C1=O. The van der Waals surface area contributed by atoms with Crippen LogP contribution in [0.25, 0.3) is 0 Å². The van der Waals surface area contributed by atoms with Crippen molar-refractivity contribution >= 4 is 52.6 Å². The largest absolute Gasteiger partial charge is 0.354 e. The maximum atomic E-state index is 12.5. The lowest BCUT2D eigenvalue weighted by Crippen LogP contribution is -2.39. The normalized spacial score (nSPS) is 18.6. The van der Waals surface area contributed by atoms with Gasteiger partial charge in [-0.1, -0.05) is 59.6 Å².